The number of aryl methyl sites for hydroxylation is 1. The monoisotopic (exact) mass is 351 g/mol. The molecule has 0 aliphatic rings. The average Bonchev–Trinajstić information content (AvgIpc) is 3.27. The molecule has 1 unspecified atom stereocenters. The van der Waals surface area contributed by atoms with Crippen LogP contribution in [-0.4, -0.2) is 19.3 Å². The molecular weight excluding hydrogens is 334 g/mol. The smallest absolute Gasteiger partial charge is 0.276 e. The molecular formula is C19H17N3O2S. The van der Waals surface area contributed by atoms with E-state index in [1.807, 2.05) is 48.7 Å². The SMILES string of the molecule is Cc1ccc(C(O)Cn2ccn3nc(-c4cccs4)cc3c2=O)cc1. The van der Waals surface area contributed by atoms with Crippen molar-refractivity contribution >= 4 is 16.9 Å². The molecule has 1 aromatic carbocycles. The molecule has 0 fully saturated rings. The summed E-state index contributed by atoms with van der Waals surface area (Å²) < 4.78 is 3.12. The Morgan fingerprint density at radius 3 is 2.72 bits per heavy atom. The van der Waals surface area contributed by atoms with Crippen LogP contribution in [0.1, 0.15) is 17.2 Å². The molecule has 25 heavy (non-hydrogen) atoms. The molecule has 4 rings (SSSR count). The van der Waals surface area contributed by atoms with E-state index in [1.54, 1.807) is 34.3 Å². The van der Waals surface area contributed by atoms with Crippen LogP contribution in [0.3, 0.4) is 0 Å². The van der Waals surface area contributed by atoms with Crippen LogP contribution in [0.2, 0.25) is 0 Å². The molecule has 0 radical (unpaired) electrons. The summed E-state index contributed by atoms with van der Waals surface area (Å²) >= 11 is 1.59. The van der Waals surface area contributed by atoms with Crippen molar-refractivity contribution in [2.75, 3.05) is 0 Å². The van der Waals surface area contributed by atoms with Crippen LogP contribution in [0, 0.1) is 6.92 Å². The van der Waals surface area contributed by atoms with Gasteiger partial charge in [0, 0.05) is 12.4 Å². The van der Waals surface area contributed by atoms with Crippen LogP contribution in [0.4, 0.5) is 0 Å². The molecule has 0 bridgehead atoms. The van der Waals surface area contributed by atoms with E-state index >= 15 is 0 Å². The minimum atomic E-state index is -0.736. The van der Waals surface area contributed by atoms with Gasteiger partial charge in [0.25, 0.3) is 5.56 Å². The molecule has 5 nitrogen and oxygen atoms in total. The highest BCUT2D eigenvalue weighted by atomic mass is 32.1. The molecule has 0 saturated heterocycles. The molecule has 1 atom stereocenters. The van der Waals surface area contributed by atoms with Crippen molar-refractivity contribution in [3.63, 3.8) is 0 Å². The first kappa shape index (κ1) is 15.8. The van der Waals surface area contributed by atoms with Crippen molar-refractivity contribution < 1.29 is 5.11 Å². The normalized spacial score (nSPS) is 12.6. The number of hydrogen-bond acceptors (Lipinski definition) is 4. The highest BCUT2D eigenvalue weighted by Crippen LogP contribution is 2.23. The number of thiophene rings is 1. The van der Waals surface area contributed by atoms with Crippen LogP contribution >= 0.6 is 11.3 Å². The Bertz CT molecular complexity index is 1060. The lowest BCUT2D eigenvalue weighted by molar-refractivity contribution is 0.155. The Morgan fingerprint density at radius 1 is 1.20 bits per heavy atom. The van der Waals surface area contributed by atoms with Gasteiger partial charge in [0.15, 0.2) is 0 Å². The lowest BCUT2D eigenvalue weighted by Gasteiger charge is -2.13. The van der Waals surface area contributed by atoms with Gasteiger partial charge in [0.1, 0.15) is 11.2 Å². The van der Waals surface area contributed by atoms with Crippen molar-refractivity contribution in [1.29, 1.82) is 0 Å². The number of rotatable bonds is 4. The molecule has 6 heteroatoms. The zero-order chi connectivity index (χ0) is 17.4. The van der Waals surface area contributed by atoms with E-state index in [0.717, 1.165) is 21.7 Å². The van der Waals surface area contributed by atoms with E-state index in [2.05, 4.69) is 5.10 Å². The summed E-state index contributed by atoms with van der Waals surface area (Å²) in [6.07, 6.45) is 2.67. The molecule has 1 N–H and O–H groups in total. The number of fused-ring (bicyclic) bond motifs is 1. The molecule has 126 valence electrons. The molecule has 0 spiro atoms. The lowest BCUT2D eigenvalue weighted by atomic mass is 10.1. The summed E-state index contributed by atoms with van der Waals surface area (Å²) in [6, 6.07) is 13.4. The Balaban J connectivity index is 1.67. The first-order valence-corrected chi connectivity index (χ1v) is 8.87. The fourth-order valence-corrected chi connectivity index (χ4v) is 3.48. The third kappa shape index (κ3) is 3.01. The molecule has 0 aliphatic heterocycles. The van der Waals surface area contributed by atoms with Crippen molar-refractivity contribution in [1.82, 2.24) is 14.2 Å². The summed E-state index contributed by atoms with van der Waals surface area (Å²) in [7, 11) is 0. The molecule has 4 aromatic rings. The van der Waals surface area contributed by atoms with Crippen molar-refractivity contribution in [2.24, 2.45) is 0 Å². The minimum absolute atomic E-state index is 0.163. The van der Waals surface area contributed by atoms with Crippen LogP contribution in [-0.2, 0) is 6.54 Å². The van der Waals surface area contributed by atoms with Gasteiger partial charge < -0.3 is 9.67 Å². The highest BCUT2D eigenvalue weighted by Gasteiger charge is 2.13. The van der Waals surface area contributed by atoms with Crippen molar-refractivity contribution in [3.8, 4) is 10.6 Å². The standard InChI is InChI=1S/C19H17N3O2S/c1-13-4-6-14(7-5-13)17(23)12-21-8-9-22-16(19(21)24)11-15(20-22)18-3-2-10-25-18/h2-11,17,23H,12H2,1H3. The van der Waals surface area contributed by atoms with Gasteiger partial charge in [0.2, 0.25) is 0 Å². The Morgan fingerprint density at radius 2 is 2.00 bits per heavy atom. The summed E-state index contributed by atoms with van der Waals surface area (Å²) in [4.78, 5) is 13.7. The molecule has 3 aromatic heterocycles. The van der Waals surface area contributed by atoms with Gasteiger partial charge in [-0.05, 0) is 30.0 Å². The van der Waals surface area contributed by atoms with E-state index < -0.39 is 6.10 Å². The van der Waals surface area contributed by atoms with Crippen molar-refractivity contribution in [2.45, 2.75) is 19.6 Å². The van der Waals surface area contributed by atoms with Gasteiger partial charge in [-0.15, -0.1) is 11.3 Å². The fraction of sp³-hybridized carbons (Fsp3) is 0.158. The van der Waals surface area contributed by atoms with E-state index in [-0.39, 0.29) is 12.1 Å². The number of benzene rings is 1. The predicted molar refractivity (Wildman–Crippen MR) is 98.9 cm³/mol. The van der Waals surface area contributed by atoms with E-state index in [0.29, 0.717) is 5.52 Å². The number of aromatic nitrogens is 3. The lowest BCUT2D eigenvalue weighted by Crippen LogP contribution is -2.24. The topological polar surface area (TPSA) is 59.5 Å². The predicted octanol–water partition coefficient (Wildman–Crippen LogP) is 3.27. The molecule has 0 saturated carbocycles. The third-order valence-corrected chi connectivity index (χ3v) is 5.10. The van der Waals surface area contributed by atoms with Crippen LogP contribution in [0.25, 0.3) is 16.1 Å². The maximum atomic E-state index is 12.7. The number of hydrogen-bond donors (Lipinski definition) is 1. The first-order chi connectivity index (χ1) is 12.1. The highest BCUT2D eigenvalue weighted by molar-refractivity contribution is 7.13. The Hall–Kier alpha value is -2.70. The molecule has 3 heterocycles. The number of aliphatic hydroxyl groups excluding tert-OH is 1. The maximum absolute atomic E-state index is 12.7. The van der Waals surface area contributed by atoms with Gasteiger partial charge in [-0.3, -0.25) is 4.79 Å². The van der Waals surface area contributed by atoms with E-state index in [9.17, 15) is 9.90 Å². The number of nitrogens with zero attached hydrogens (tertiary/aromatic N) is 3. The second kappa shape index (κ2) is 6.31. The third-order valence-electron chi connectivity index (χ3n) is 4.21. The summed E-state index contributed by atoms with van der Waals surface area (Å²) in [6.45, 7) is 2.21. The average molecular weight is 351 g/mol. The quantitative estimate of drug-likeness (QED) is 0.614. The van der Waals surface area contributed by atoms with E-state index in [4.69, 9.17) is 0 Å². The molecule has 0 aliphatic carbocycles. The Kier molecular flexibility index (Phi) is 3.99. The maximum Gasteiger partial charge on any atom is 0.276 e. The Labute approximate surface area is 148 Å². The van der Waals surface area contributed by atoms with Gasteiger partial charge in [-0.25, -0.2) is 4.52 Å². The summed E-state index contributed by atoms with van der Waals surface area (Å²) in [5, 5.41) is 16.9. The second-order valence-corrected chi connectivity index (χ2v) is 6.97. The fourth-order valence-electron chi connectivity index (χ4n) is 2.80. The van der Waals surface area contributed by atoms with Gasteiger partial charge in [-0.1, -0.05) is 35.9 Å². The first-order valence-electron chi connectivity index (χ1n) is 7.99. The van der Waals surface area contributed by atoms with Crippen LogP contribution in [0.5, 0.6) is 0 Å². The summed E-state index contributed by atoms with van der Waals surface area (Å²) in [5.74, 6) is 0. The zero-order valence-corrected chi connectivity index (χ0v) is 14.5. The van der Waals surface area contributed by atoms with Gasteiger partial charge >= 0.3 is 0 Å². The minimum Gasteiger partial charge on any atom is -0.387 e. The van der Waals surface area contributed by atoms with Crippen LogP contribution in [0.15, 0.2) is 65.0 Å². The van der Waals surface area contributed by atoms with Gasteiger partial charge in [-0.2, -0.15) is 5.10 Å². The summed E-state index contributed by atoms with van der Waals surface area (Å²) in [5.41, 5.74) is 3.05. The second-order valence-electron chi connectivity index (χ2n) is 6.02. The van der Waals surface area contributed by atoms with Gasteiger partial charge in [0.05, 0.1) is 17.5 Å². The van der Waals surface area contributed by atoms with Crippen molar-refractivity contribution in [3.05, 3.63) is 81.7 Å². The van der Waals surface area contributed by atoms with E-state index in [1.165, 1.54) is 4.57 Å². The molecule has 0 amide bonds. The van der Waals surface area contributed by atoms with Crippen LogP contribution < -0.4 is 5.56 Å². The number of aliphatic hydroxyl groups is 1. The largest absolute Gasteiger partial charge is 0.387 e. The zero-order valence-electron chi connectivity index (χ0n) is 13.7.